The maximum atomic E-state index is 12.0. The fraction of sp³-hybridized carbons (Fsp3) is 0.200. The fourth-order valence-corrected chi connectivity index (χ4v) is 16.1. The summed E-state index contributed by atoms with van der Waals surface area (Å²) in [5.41, 5.74) is 24.9. The van der Waals surface area contributed by atoms with E-state index < -0.39 is 7.12 Å². The van der Waals surface area contributed by atoms with Gasteiger partial charge in [-0.2, -0.15) is 0 Å². The van der Waals surface area contributed by atoms with E-state index in [0.29, 0.717) is 11.8 Å². The molecule has 0 spiro atoms. The van der Waals surface area contributed by atoms with Gasteiger partial charge in [0.05, 0.1) is 6.61 Å². The summed E-state index contributed by atoms with van der Waals surface area (Å²) in [4.78, 5) is 0. The van der Waals surface area contributed by atoms with Crippen molar-refractivity contribution >= 4 is 77.2 Å². The molecular formula is C80H67BO2. The Kier molecular flexibility index (Phi) is 10.7. The van der Waals surface area contributed by atoms with Crippen molar-refractivity contribution in [2.75, 3.05) is 0 Å². The first-order chi connectivity index (χ1) is 40.0. The second kappa shape index (κ2) is 17.6. The van der Waals surface area contributed by atoms with Crippen molar-refractivity contribution in [3.05, 3.63) is 244 Å². The van der Waals surface area contributed by atoms with Crippen LogP contribution < -0.4 is 5.46 Å². The van der Waals surface area contributed by atoms with Gasteiger partial charge in [0.2, 0.25) is 0 Å². The first kappa shape index (κ1) is 50.4. The van der Waals surface area contributed by atoms with Crippen molar-refractivity contribution in [2.24, 2.45) is 0 Å². The van der Waals surface area contributed by atoms with Crippen molar-refractivity contribution in [1.29, 1.82) is 0 Å². The summed E-state index contributed by atoms with van der Waals surface area (Å²) in [6.45, 7) is 23.8. The van der Waals surface area contributed by atoms with E-state index in [4.69, 9.17) is 4.65 Å². The lowest BCUT2D eigenvalue weighted by atomic mass is 9.76. The lowest BCUT2D eigenvalue weighted by Crippen LogP contribution is -2.34. The summed E-state index contributed by atoms with van der Waals surface area (Å²) in [6, 6.07) is 73.8. The van der Waals surface area contributed by atoms with Gasteiger partial charge in [0, 0.05) is 16.2 Å². The van der Waals surface area contributed by atoms with E-state index in [2.05, 4.69) is 263 Å². The zero-order valence-electron chi connectivity index (χ0n) is 49.3. The third-order valence-electron chi connectivity index (χ3n) is 20.4. The Hall–Kier alpha value is -8.34. The van der Waals surface area contributed by atoms with Crippen LogP contribution >= 0.6 is 0 Å². The third kappa shape index (κ3) is 6.99. The summed E-state index contributed by atoms with van der Waals surface area (Å²) in [5.74, 6) is 0.631. The van der Waals surface area contributed by atoms with Crippen LogP contribution in [0.2, 0.25) is 0 Å². The van der Waals surface area contributed by atoms with Crippen LogP contribution in [0.4, 0.5) is 0 Å². The van der Waals surface area contributed by atoms with Crippen molar-refractivity contribution in [3.8, 4) is 55.6 Å². The van der Waals surface area contributed by atoms with Crippen LogP contribution in [0.5, 0.6) is 0 Å². The molecule has 0 unspecified atom stereocenters. The monoisotopic (exact) mass is 1070 g/mol. The molecule has 0 aromatic heterocycles. The minimum absolute atomic E-state index is 0.0964. The Bertz CT molecular complexity index is 4970. The van der Waals surface area contributed by atoms with Gasteiger partial charge in [-0.25, -0.2) is 0 Å². The molecule has 16 rings (SSSR count). The van der Waals surface area contributed by atoms with Gasteiger partial charge in [0.1, 0.15) is 0 Å². The Morgan fingerprint density at radius 3 is 1.28 bits per heavy atom. The molecule has 13 aromatic rings. The highest BCUT2D eigenvalue weighted by Crippen LogP contribution is 2.57. The molecule has 1 N–H and O–H groups in total. The van der Waals surface area contributed by atoms with Gasteiger partial charge in [-0.15, -0.1) is 0 Å². The molecule has 0 aliphatic heterocycles. The molecule has 402 valence electrons. The van der Waals surface area contributed by atoms with E-state index >= 15 is 0 Å². The van der Waals surface area contributed by atoms with Gasteiger partial charge in [-0.05, 0) is 212 Å². The van der Waals surface area contributed by atoms with Gasteiger partial charge in [-0.1, -0.05) is 239 Å². The molecule has 3 aliphatic rings. The van der Waals surface area contributed by atoms with Crippen LogP contribution in [0, 0.1) is 0 Å². The van der Waals surface area contributed by atoms with E-state index in [1.807, 2.05) is 0 Å². The first-order valence-corrected chi connectivity index (χ1v) is 30.1. The highest BCUT2D eigenvalue weighted by atomic mass is 16.5. The third-order valence-corrected chi connectivity index (χ3v) is 20.4. The van der Waals surface area contributed by atoms with E-state index in [9.17, 15) is 5.02 Å². The molecule has 3 heteroatoms. The lowest BCUT2D eigenvalue weighted by molar-refractivity contribution is 0.260. The molecule has 0 amide bonds. The summed E-state index contributed by atoms with van der Waals surface area (Å²) in [5, 5.41) is 27.4. The quantitative estimate of drug-likeness (QED) is 0.121. The summed E-state index contributed by atoms with van der Waals surface area (Å²) in [6.07, 6.45) is 0. The van der Waals surface area contributed by atoms with Crippen LogP contribution in [-0.2, 0) is 27.5 Å². The smallest absolute Gasteiger partial charge is 0.423 e. The van der Waals surface area contributed by atoms with Crippen molar-refractivity contribution in [2.45, 2.75) is 104 Å². The zero-order chi connectivity index (χ0) is 56.7. The maximum Gasteiger partial charge on any atom is 0.491 e. The van der Waals surface area contributed by atoms with E-state index in [-0.39, 0.29) is 22.9 Å². The van der Waals surface area contributed by atoms with Gasteiger partial charge in [-0.3, -0.25) is 0 Å². The zero-order valence-corrected chi connectivity index (χ0v) is 49.3. The van der Waals surface area contributed by atoms with Crippen LogP contribution in [-0.4, -0.2) is 12.1 Å². The average Bonchev–Trinajstić information content (AvgIpc) is 3.93. The van der Waals surface area contributed by atoms with Crippen molar-refractivity contribution < 1.29 is 9.68 Å². The van der Waals surface area contributed by atoms with E-state index in [0.717, 1.165) is 16.4 Å². The number of benzene rings is 13. The molecule has 0 fully saturated rings. The van der Waals surface area contributed by atoms with E-state index in [1.165, 1.54) is 159 Å². The van der Waals surface area contributed by atoms with Gasteiger partial charge in [0.15, 0.2) is 0 Å². The van der Waals surface area contributed by atoms with Gasteiger partial charge in [0.25, 0.3) is 0 Å². The second-order valence-corrected chi connectivity index (χ2v) is 26.7. The topological polar surface area (TPSA) is 29.5 Å². The summed E-state index contributed by atoms with van der Waals surface area (Å²) < 4.78 is 6.57. The van der Waals surface area contributed by atoms with E-state index in [1.54, 1.807) is 0 Å². The predicted molar refractivity (Wildman–Crippen MR) is 353 cm³/mol. The molecule has 13 aromatic carbocycles. The van der Waals surface area contributed by atoms with Crippen LogP contribution in [0.25, 0.3) is 120 Å². The molecule has 0 atom stereocenters. The van der Waals surface area contributed by atoms with Gasteiger partial charge >= 0.3 is 7.12 Å². The van der Waals surface area contributed by atoms with Gasteiger partial charge < -0.3 is 9.68 Å². The molecule has 0 radical (unpaired) electrons. The summed E-state index contributed by atoms with van der Waals surface area (Å²) in [7, 11) is -1.10. The highest BCUT2D eigenvalue weighted by Gasteiger charge is 2.41. The van der Waals surface area contributed by atoms with Crippen LogP contribution in [0.3, 0.4) is 0 Å². The Morgan fingerprint density at radius 1 is 0.361 bits per heavy atom. The standard InChI is InChI=1S/C80H67BO2/c1-44(2)60-41-62(48-25-32-67-64(37-48)73-53-20-13-11-17-46(53)23-34-70(73)78(67,5)6)58-30-28-57-61(45(3)4)42-63(59-31-29-56(60)76(58)77(57)59)49-26-33-68-65(38-49)75-55-22-16-15-19-52(55)50(39-72(75)80(68,9)10)43-83-81(82)51-27-36-69-66(40-51)74-54-21-14-12-18-47(54)24-35-71(74)79(69,7)8/h11-42,44-45,82H,43H2,1-10H3. The summed E-state index contributed by atoms with van der Waals surface area (Å²) >= 11 is 0. The number of hydrogen-bond acceptors (Lipinski definition) is 2. The largest absolute Gasteiger partial charge is 0.491 e. The molecular weight excluding hydrogens is 1000 g/mol. The molecule has 0 bridgehead atoms. The average molecular weight is 1070 g/mol. The number of rotatable bonds is 8. The van der Waals surface area contributed by atoms with Crippen LogP contribution in [0.1, 0.15) is 131 Å². The van der Waals surface area contributed by atoms with Crippen molar-refractivity contribution in [3.63, 3.8) is 0 Å². The Morgan fingerprint density at radius 2 is 0.771 bits per heavy atom. The fourth-order valence-electron chi connectivity index (χ4n) is 16.1. The molecule has 0 saturated carbocycles. The SMILES string of the molecule is CC(C)c1cc(-c2ccc3c(c2)-c2c(ccc4ccccc24)C3(C)C)c2ccc3c(C(C)C)cc(-c4ccc5c(c4)-c4c(cc(COB(O)c6ccc7c(c6)-c6c(ccc8ccccc68)C7(C)C)c6ccccc46)C5(C)C)c4ccc1c2c43. The Balaban J connectivity index is 0.810. The maximum absolute atomic E-state index is 12.0. The van der Waals surface area contributed by atoms with Crippen LogP contribution in [0.15, 0.2) is 194 Å². The molecule has 83 heavy (non-hydrogen) atoms. The minimum Gasteiger partial charge on any atom is -0.423 e. The number of fused-ring (bicyclic) bond motifs is 15. The number of hydrogen-bond donors (Lipinski definition) is 1. The first-order valence-electron chi connectivity index (χ1n) is 30.1. The second-order valence-electron chi connectivity index (χ2n) is 26.7. The predicted octanol–water partition coefficient (Wildman–Crippen LogP) is 20.4. The molecule has 0 saturated heterocycles. The molecule has 2 nitrogen and oxygen atoms in total. The minimum atomic E-state index is -1.10. The molecule has 0 heterocycles. The molecule has 3 aliphatic carbocycles. The highest BCUT2D eigenvalue weighted by molar-refractivity contribution is 6.60. The Labute approximate surface area is 487 Å². The normalized spacial score (nSPS) is 15.0. The lowest BCUT2D eigenvalue weighted by Gasteiger charge is -2.24. The van der Waals surface area contributed by atoms with Crippen molar-refractivity contribution in [1.82, 2.24) is 0 Å².